The summed E-state index contributed by atoms with van der Waals surface area (Å²) < 4.78 is 0. The van der Waals surface area contributed by atoms with E-state index in [1.54, 1.807) is 0 Å². The molecule has 0 aliphatic heterocycles. The van der Waals surface area contributed by atoms with Gasteiger partial charge in [0.1, 0.15) is 0 Å². The van der Waals surface area contributed by atoms with Gasteiger partial charge in [0.25, 0.3) is 0 Å². The average molecular weight is 213 g/mol. The van der Waals surface area contributed by atoms with E-state index in [0.29, 0.717) is 6.54 Å². The molecule has 0 bridgehead atoms. The second-order valence-electron chi connectivity index (χ2n) is 3.56. The summed E-state index contributed by atoms with van der Waals surface area (Å²) in [5.74, 6) is 0. The molecule has 0 aliphatic rings. The average Bonchev–Trinajstić information content (AvgIpc) is 2.38. The second-order valence-corrected chi connectivity index (χ2v) is 3.56. The highest BCUT2D eigenvalue weighted by Crippen LogP contribution is 2.27. The minimum atomic E-state index is 0.142. The van der Waals surface area contributed by atoms with Crippen LogP contribution in [0.3, 0.4) is 0 Å². The molecule has 0 unspecified atom stereocenters. The molecule has 2 aromatic rings. The second kappa shape index (κ2) is 5.33. The molecular weight excluding hydrogens is 198 g/mol. The van der Waals surface area contributed by atoms with Crippen LogP contribution in [0, 0.1) is 0 Å². The molecule has 0 saturated carbocycles. The van der Waals surface area contributed by atoms with Gasteiger partial charge < -0.3 is 10.4 Å². The molecule has 2 rings (SSSR count). The summed E-state index contributed by atoms with van der Waals surface area (Å²) in [6, 6.07) is 18.3. The number of aliphatic hydroxyl groups is 1. The van der Waals surface area contributed by atoms with Crippen LogP contribution in [0.1, 0.15) is 0 Å². The monoisotopic (exact) mass is 213 g/mol. The molecule has 0 saturated heterocycles. The van der Waals surface area contributed by atoms with Crippen molar-refractivity contribution in [3.63, 3.8) is 0 Å². The van der Waals surface area contributed by atoms with Crippen molar-refractivity contribution in [3.05, 3.63) is 54.6 Å². The van der Waals surface area contributed by atoms with Crippen LogP contribution in [0.25, 0.3) is 11.1 Å². The van der Waals surface area contributed by atoms with Gasteiger partial charge in [0.05, 0.1) is 6.61 Å². The van der Waals surface area contributed by atoms with E-state index in [4.69, 9.17) is 5.11 Å². The molecule has 2 aromatic carbocycles. The van der Waals surface area contributed by atoms with E-state index in [1.807, 2.05) is 36.4 Å². The molecule has 82 valence electrons. The molecule has 0 amide bonds. The van der Waals surface area contributed by atoms with E-state index >= 15 is 0 Å². The van der Waals surface area contributed by atoms with Crippen LogP contribution in [-0.2, 0) is 0 Å². The van der Waals surface area contributed by atoms with E-state index in [9.17, 15) is 0 Å². The van der Waals surface area contributed by atoms with E-state index < -0.39 is 0 Å². The van der Waals surface area contributed by atoms with Gasteiger partial charge in [-0.2, -0.15) is 0 Å². The standard InChI is InChI=1S/C14H15NO/c16-11-10-15-14-9-5-4-8-13(14)12-6-2-1-3-7-12/h1-9,15-16H,10-11H2. The Hall–Kier alpha value is -1.80. The third kappa shape index (κ3) is 2.41. The van der Waals surface area contributed by atoms with Gasteiger partial charge in [-0.05, 0) is 11.6 Å². The highest BCUT2D eigenvalue weighted by Gasteiger charge is 2.02. The van der Waals surface area contributed by atoms with Crippen LogP contribution in [0.4, 0.5) is 5.69 Å². The lowest BCUT2D eigenvalue weighted by Gasteiger charge is -2.11. The van der Waals surface area contributed by atoms with Crippen LogP contribution < -0.4 is 5.32 Å². The van der Waals surface area contributed by atoms with Gasteiger partial charge in [-0.15, -0.1) is 0 Å². The van der Waals surface area contributed by atoms with Crippen molar-refractivity contribution in [1.82, 2.24) is 0 Å². The maximum Gasteiger partial charge on any atom is 0.0604 e. The molecule has 0 radical (unpaired) electrons. The molecule has 0 spiro atoms. The maximum atomic E-state index is 8.83. The highest BCUT2D eigenvalue weighted by molar-refractivity contribution is 5.77. The topological polar surface area (TPSA) is 32.3 Å². The quantitative estimate of drug-likeness (QED) is 0.818. The number of benzene rings is 2. The van der Waals surface area contributed by atoms with Crippen molar-refractivity contribution < 1.29 is 5.11 Å². The molecule has 2 N–H and O–H groups in total. The van der Waals surface area contributed by atoms with Gasteiger partial charge in [-0.3, -0.25) is 0 Å². The molecule has 0 atom stereocenters. The Bertz CT molecular complexity index is 439. The van der Waals surface area contributed by atoms with Crippen molar-refractivity contribution in [2.45, 2.75) is 0 Å². The van der Waals surface area contributed by atoms with Crippen molar-refractivity contribution >= 4 is 5.69 Å². The smallest absolute Gasteiger partial charge is 0.0604 e. The van der Waals surface area contributed by atoms with Gasteiger partial charge in [-0.1, -0.05) is 48.5 Å². The number of nitrogens with one attached hydrogen (secondary N) is 1. The molecule has 0 fully saturated rings. The van der Waals surface area contributed by atoms with E-state index in [1.165, 1.54) is 5.56 Å². The minimum absolute atomic E-state index is 0.142. The van der Waals surface area contributed by atoms with Gasteiger partial charge in [-0.25, -0.2) is 0 Å². The highest BCUT2D eigenvalue weighted by atomic mass is 16.3. The number of anilines is 1. The summed E-state index contributed by atoms with van der Waals surface area (Å²) in [5.41, 5.74) is 3.41. The van der Waals surface area contributed by atoms with E-state index in [2.05, 4.69) is 23.5 Å². The van der Waals surface area contributed by atoms with Crippen molar-refractivity contribution in [1.29, 1.82) is 0 Å². The third-order valence-corrected chi connectivity index (χ3v) is 2.44. The minimum Gasteiger partial charge on any atom is -0.395 e. The first-order valence-corrected chi connectivity index (χ1v) is 5.41. The summed E-state index contributed by atoms with van der Waals surface area (Å²) in [4.78, 5) is 0. The van der Waals surface area contributed by atoms with Crippen LogP contribution >= 0.6 is 0 Å². The number of rotatable bonds is 4. The maximum absolute atomic E-state index is 8.83. The molecule has 0 heterocycles. The molecule has 2 heteroatoms. The largest absolute Gasteiger partial charge is 0.395 e. The van der Waals surface area contributed by atoms with Gasteiger partial charge in [0.15, 0.2) is 0 Å². The van der Waals surface area contributed by atoms with Crippen LogP contribution in [0.5, 0.6) is 0 Å². The predicted octanol–water partition coefficient (Wildman–Crippen LogP) is 2.76. The Balaban J connectivity index is 2.33. The fraction of sp³-hybridized carbons (Fsp3) is 0.143. The zero-order chi connectivity index (χ0) is 11.2. The van der Waals surface area contributed by atoms with Crippen LogP contribution in [-0.4, -0.2) is 18.3 Å². The number of hydrogen-bond acceptors (Lipinski definition) is 2. The van der Waals surface area contributed by atoms with Gasteiger partial charge in [0.2, 0.25) is 0 Å². The van der Waals surface area contributed by atoms with Crippen molar-refractivity contribution in [2.24, 2.45) is 0 Å². The summed E-state index contributed by atoms with van der Waals surface area (Å²) in [7, 11) is 0. The summed E-state index contributed by atoms with van der Waals surface area (Å²) >= 11 is 0. The van der Waals surface area contributed by atoms with E-state index in [-0.39, 0.29) is 6.61 Å². The fourth-order valence-electron chi connectivity index (χ4n) is 1.70. The Morgan fingerprint density at radius 3 is 2.31 bits per heavy atom. The number of hydrogen-bond donors (Lipinski definition) is 2. The first-order valence-electron chi connectivity index (χ1n) is 5.41. The Labute approximate surface area is 95.6 Å². The molecule has 16 heavy (non-hydrogen) atoms. The normalized spacial score (nSPS) is 10.1. The molecule has 2 nitrogen and oxygen atoms in total. The van der Waals surface area contributed by atoms with Crippen molar-refractivity contribution in [3.8, 4) is 11.1 Å². The first kappa shape index (κ1) is 10.7. The Morgan fingerprint density at radius 2 is 1.56 bits per heavy atom. The first-order chi connectivity index (χ1) is 7.92. The Morgan fingerprint density at radius 1 is 0.875 bits per heavy atom. The van der Waals surface area contributed by atoms with Gasteiger partial charge >= 0.3 is 0 Å². The lowest BCUT2D eigenvalue weighted by atomic mass is 10.0. The summed E-state index contributed by atoms with van der Waals surface area (Å²) in [6.07, 6.45) is 0. The van der Waals surface area contributed by atoms with Crippen LogP contribution in [0.2, 0.25) is 0 Å². The summed E-state index contributed by atoms with van der Waals surface area (Å²) in [6.45, 7) is 0.715. The molecular formula is C14H15NO. The lowest BCUT2D eigenvalue weighted by Crippen LogP contribution is -2.06. The number of para-hydroxylation sites is 1. The summed E-state index contributed by atoms with van der Waals surface area (Å²) in [5, 5.41) is 12.0. The van der Waals surface area contributed by atoms with E-state index in [0.717, 1.165) is 11.3 Å². The number of aliphatic hydroxyl groups excluding tert-OH is 1. The van der Waals surface area contributed by atoms with Crippen LogP contribution in [0.15, 0.2) is 54.6 Å². The molecule has 0 aliphatic carbocycles. The van der Waals surface area contributed by atoms with Gasteiger partial charge in [0, 0.05) is 17.8 Å². The fourth-order valence-corrected chi connectivity index (χ4v) is 1.70. The Kier molecular flexibility index (Phi) is 3.57. The third-order valence-electron chi connectivity index (χ3n) is 2.44. The molecule has 0 aromatic heterocycles. The predicted molar refractivity (Wildman–Crippen MR) is 67.5 cm³/mol. The zero-order valence-electron chi connectivity index (χ0n) is 9.06. The lowest BCUT2D eigenvalue weighted by molar-refractivity contribution is 0.311. The van der Waals surface area contributed by atoms with Crippen molar-refractivity contribution in [2.75, 3.05) is 18.5 Å². The SMILES string of the molecule is OCCNc1ccccc1-c1ccccc1. The zero-order valence-corrected chi connectivity index (χ0v) is 9.06.